The van der Waals surface area contributed by atoms with Gasteiger partial charge in [-0.05, 0) is 49.1 Å². The van der Waals surface area contributed by atoms with Gasteiger partial charge in [-0.15, -0.1) is 0 Å². The molecule has 1 aromatic carbocycles. The van der Waals surface area contributed by atoms with Crippen LogP contribution in [0, 0.1) is 5.92 Å². The lowest BCUT2D eigenvalue weighted by Gasteiger charge is -2.27. The van der Waals surface area contributed by atoms with E-state index in [1.165, 1.54) is 0 Å². The fourth-order valence-corrected chi connectivity index (χ4v) is 4.57. The van der Waals surface area contributed by atoms with E-state index in [0.29, 0.717) is 12.3 Å². The van der Waals surface area contributed by atoms with Gasteiger partial charge in [0.25, 0.3) is 5.91 Å². The van der Waals surface area contributed by atoms with Gasteiger partial charge in [0.15, 0.2) is 0 Å². The zero-order valence-corrected chi connectivity index (χ0v) is 15.0. The summed E-state index contributed by atoms with van der Waals surface area (Å²) in [5.41, 5.74) is 0.893. The van der Waals surface area contributed by atoms with Crippen LogP contribution in [0.15, 0.2) is 24.3 Å². The van der Waals surface area contributed by atoms with Gasteiger partial charge in [0.05, 0.1) is 0 Å². The van der Waals surface area contributed by atoms with Gasteiger partial charge >= 0.3 is 12.0 Å². The van der Waals surface area contributed by atoms with Crippen LogP contribution in [0.5, 0.6) is 0 Å². The number of amides is 3. The van der Waals surface area contributed by atoms with E-state index in [-0.39, 0.29) is 18.6 Å². The molecule has 6 heteroatoms. The highest BCUT2D eigenvalue weighted by atomic mass is 16.5. The Bertz CT molecular complexity index is 762. The van der Waals surface area contributed by atoms with E-state index in [2.05, 4.69) is 12.2 Å². The Morgan fingerprint density at radius 2 is 2.12 bits per heavy atom. The first kappa shape index (κ1) is 17.1. The van der Waals surface area contributed by atoms with E-state index in [0.717, 1.165) is 48.1 Å². The van der Waals surface area contributed by atoms with Crippen molar-refractivity contribution in [1.29, 1.82) is 0 Å². The molecule has 0 bridgehead atoms. The Morgan fingerprint density at radius 3 is 2.92 bits per heavy atom. The van der Waals surface area contributed by atoms with Crippen LogP contribution in [-0.2, 0) is 26.3 Å². The van der Waals surface area contributed by atoms with Crippen LogP contribution in [0.2, 0.25) is 0 Å². The fourth-order valence-electron chi connectivity index (χ4n) is 4.57. The molecule has 0 aromatic heterocycles. The van der Waals surface area contributed by atoms with Crippen LogP contribution in [0.3, 0.4) is 0 Å². The van der Waals surface area contributed by atoms with Crippen molar-refractivity contribution >= 4 is 17.9 Å². The summed E-state index contributed by atoms with van der Waals surface area (Å²) in [6.07, 6.45) is 5.07. The van der Waals surface area contributed by atoms with Crippen molar-refractivity contribution in [1.82, 2.24) is 10.2 Å². The minimum Gasteiger partial charge on any atom is -0.461 e. The van der Waals surface area contributed by atoms with Crippen LogP contribution < -0.4 is 5.32 Å². The maximum Gasteiger partial charge on any atom is 0.326 e. The summed E-state index contributed by atoms with van der Waals surface area (Å²) in [4.78, 5) is 38.8. The number of esters is 1. The molecular weight excluding hydrogens is 332 g/mol. The van der Waals surface area contributed by atoms with Crippen molar-refractivity contribution in [3.63, 3.8) is 0 Å². The number of nitrogens with zero attached hydrogens (tertiary/aromatic N) is 1. The monoisotopic (exact) mass is 356 g/mol. The fraction of sp³-hybridized carbons (Fsp3) is 0.550. The Labute approximate surface area is 152 Å². The lowest BCUT2D eigenvalue weighted by atomic mass is 9.89. The predicted molar refractivity (Wildman–Crippen MR) is 94.2 cm³/mol. The number of aryl methyl sites for hydroxylation is 1. The normalized spacial score (nSPS) is 30.4. The molecule has 1 aromatic rings. The topological polar surface area (TPSA) is 75.7 Å². The highest BCUT2D eigenvalue weighted by Gasteiger charge is 2.55. The van der Waals surface area contributed by atoms with Gasteiger partial charge < -0.3 is 10.1 Å². The molecule has 26 heavy (non-hydrogen) atoms. The van der Waals surface area contributed by atoms with Crippen LogP contribution >= 0.6 is 0 Å². The van der Waals surface area contributed by atoms with Crippen molar-refractivity contribution in [3.05, 3.63) is 35.4 Å². The zero-order chi connectivity index (χ0) is 18.3. The number of rotatable bonds is 3. The molecule has 2 fully saturated rings. The van der Waals surface area contributed by atoms with Crippen LogP contribution in [-0.4, -0.2) is 35.5 Å². The second kappa shape index (κ2) is 6.41. The first-order valence-corrected chi connectivity index (χ1v) is 9.41. The highest BCUT2D eigenvalue weighted by molar-refractivity contribution is 6.09. The van der Waals surface area contributed by atoms with E-state index < -0.39 is 17.5 Å². The third-order valence-electron chi connectivity index (χ3n) is 5.90. The quantitative estimate of drug-likeness (QED) is 0.667. The van der Waals surface area contributed by atoms with E-state index in [9.17, 15) is 14.4 Å². The Balaban J connectivity index is 1.46. The lowest BCUT2D eigenvalue weighted by molar-refractivity contribution is -0.154. The first-order valence-electron chi connectivity index (χ1n) is 9.41. The summed E-state index contributed by atoms with van der Waals surface area (Å²) in [6.45, 7) is 1.83. The summed E-state index contributed by atoms with van der Waals surface area (Å²) in [7, 11) is 0. The van der Waals surface area contributed by atoms with Gasteiger partial charge in [-0.25, -0.2) is 4.79 Å². The molecule has 138 valence electrons. The van der Waals surface area contributed by atoms with Gasteiger partial charge in [-0.1, -0.05) is 37.6 Å². The molecule has 1 aliphatic heterocycles. The van der Waals surface area contributed by atoms with Crippen molar-refractivity contribution in [2.75, 3.05) is 6.54 Å². The third-order valence-corrected chi connectivity index (χ3v) is 5.90. The molecule has 2 aliphatic carbocycles. The van der Waals surface area contributed by atoms with E-state index in [4.69, 9.17) is 4.74 Å². The van der Waals surface area contributed by atoms with E-state index in [1.54, 1.807) is 0 Å². The number of imide groups is 1. The van der Waals surface area contributed by atoms with E-state index >= 15 is 0 Å². The standard InChI is InChI=1S/C20H24N2O4/c1-13-5-4-7-15(11-13)26-17(23)12-22-18(24)20(21-19(22)25)10-9-14-6-2-3-8-16(14)20/h2-3,6,8,13,15H,4-5,7,9-12H2,1H3,(H,21,25). The van der Waals surface area contributed by atoms with Gasteiger partial charge in [-0.2, -0.15) is 0 Å². The largest absolute Gasteiger partial charge is 0.461 e. The molecule has 6 nitrogen and oxygen atoms in total. The third kappa shape index (κ3) is 2.77. The molecule has 0 radical (unpaired) electrons. The average Bonchev–Trinajstić information content (AvgIpc) is 3.09. The molecule has 1 saturated carbocycles. The van der Waals surface area contributed by atoms with Crippen LogP contribution in [0.25, 0.3) is 0 Å². The number of benzene rings is 1. The van der Waals surface area contributed by atoms with Crippen molar-refractivity contribution in [2.24, 2.45) is 5.92 Å². The molecule has 3 atom stereocenters. The van der Waals surface area contributed by atoms with Gasteiger partial charge in [0, 0.05) is 0 Å². The Morgan fingerprint density at radius 1 is 1.31 bits per heavy atom. The van der Waals surface area contributed by atoms with Gasteiger partial charge in [0.1, 0.15) is 18.2 Å². The second-order valence-electron chi connectivity index (χ2n) is 7.77. The highest BCUT2D eigenvalue weighted by Crippen LogP contribution is 2.41. The predicted octanol–water partition coefficient (Wildman–Crippen LogP) is 2.50. The maximum absolute atomic E-state index is 13.0. The number of hydrogen-bond acceptors (Lipinski definition) is 4. The van der Waals surface area contributed by atoms with Gasteiger partial charge in [-0.3, -0.25) is 14.5 Å². The number of nitrogens with one attached hydrogen (secondary N) is 1. The molecule has 1 N–H and O–H groups in total. The minimum atomic E-state index is -1.02. The number of urea groups is 1. The molecule has 1 saturated heterocycles. The number of ether oxygens (including phenoxy) is 1. The molecule has 1 spiro atoms. The first-order chi connectivity index (χ1) is 12.5. The summed E-state index contributed by atoms with van der Waals surface area (Å²) < 4.78 is 5.53. The Hall–Kier alpha value is -2.37. The Kier molecular flexibility index (Phi) is 4.21. The van der Waals surface area contributed by atoms with Crippen LogP contribution in [0.4, 0.5) is 4.79 Å². The summed E-state index contributed by atoms with van der Waals surface area (Å²) in [5, 5.41) is 2.83. The average molecular weight is 356 g/mol. The number of fused-ring (bicyclic) bond motifs is 2. The summed E-state index contributed by atoms with van der Waals surface area (Å²) >= 11 is 0. The molecule has 3 amide bonds. The van der Waals surface area contributed by atoms with Crippen molar-refractivity contribution in [3.8, 4) is 0 Å². The van der Waals surface area contributed by atoms with Gasteiger partial charge in [0.2, 0.25) is 0 Å². The summed E-state index contributed by atoms with van der Waals surface area (Å²) in [5.74, 6) is -0.311. The number of carbonyl (C=O) groups is 3. The smallest absolute Gasteiger partial charge is 0.326 e. The molecule has 3 unspecified atom stereocenters. The van der Waals surface area contributed by atoms with Crippen molar-refractivity contribution < 1.29 is 19.1 Å². The van der Waals surface area contributed by atoms with Crippen LogP contribution in [0.1, 0.15) is 50.2 Å². The molecule has 4 rings (SSSR count). The SMILES string of the molecule is CC1CCCC(OC(=O)CN2C(=O)NC3(CCc4ccccc43)C2=O)C1. The van der Waals surface area contributed by atoms with E-state index in [1.807, 2.05) is 24.3 Å². The zero-order valence-electron chi connectivity index (χ0n) is 15.0. The number of hydrogen-bond donors (Lipinski definition) is 1. The summed E-state index contributed by atoms with van der Waals surface area (Å²) in [6, 6.07) is 7.14. The minimum absolute atomic E-state index is 0.104. The molecule has 1 heterocycles. The lowest BCUT2D eigenvalue weighted by Crippen LogP contribution is -2.42. The molecular formula is C20H24N2O4. The molecule has 3 aliphatic rings. The number of carbonyl (C=O) groups excluding carboxylic acids is 3. The van der Waals surface area contributed by atoms with Crippen molar-refractivity contribution in [2.45, 2.75) is 57.1 Å². The second-order valence-corrected chi connectivity index (χ2v) is 7.77. The maximum atomic E-state index is 13.0.